The zero-order valence-corrected chi connectivity index (χ0v) is 18.4. The molecule has 4 heteroatoms. The van der Waals surface area contributed by atoms with Gasteiger partial charge in [-0.25, -0.2) is 0 Å². The van der Waals surface area contributed by atoms with Gasteiger partial charge in [-0.3, -0.25) is 4.90 Å². The highest BCUT2D eigenvalue weighted by Gasteiger charge is 2.35. The Kier molecular flexibility index (Phi) is 5.58. The predicted octanol–water partition coefficient (Wildman–Crippen LogP) is 4.64. The average Bonchev–Trinajstić information content (AvgIpc) is 3.02. The van der Waals surface area contributed by atoms with Gasteiger partial charge in [-0.2, -0.15) is 0 Å². The third-order valence-electron chi connectivity index (χ3n) is 6.30. The summed E-state index contributed by atoms with van der Waals surface area (Å²) in [7, 11) is 1.73. The van der Waals surface area contributed by atoms with E-state index in [0.29, 0.717) is 18.6 Å². The Bertz CT molecular complexity index is 875. The van der Waals surface area contributed by atoms with Crippen LogP contribution in [0.5, 0.6) is 11.5 Å². The van der Waals surface area contributed by atoms with Gasteiger partial charge >= 0.3 is 0 Å². The number of piperazine rings is 1. The smallest absolute Gasteiger partial charge is 0.165 e. The molecule has 0 aliphatic carbocycles. The van der Waals surface area contributed by atoms with Crippen molar-refractivity contribution in [3.8, 4) is 11.5 Å². The second kappa shape index (κ2) is 8.00. The molecular formula is C25H34N2O2. The van der Waals surface area contributed by atoms with Gasteiger partial charge in [0.25, 0.3) is 0 Å². The first-order chi connectivity index (χ1) is 13.9. The van der Waals surface area contributed by atoms with E-state index in [1.807, 2.05) is 0 Å². The van der Waals surface area contributed by atoms with E-state index in [1.54, 1.807) is 7.11 Å². The molecule has 0 aromatic heterocycles. The van der Waals surface area contributed by atoms with E-state index in [0.717, 1.165) is 37.7 Å². The van der Waals surface area contributed by atoms with Crippen LogP contribution in [0.25, 0.3) is 0 Å². The van der Waals surface area contributed by atoms with Gasteiger partial charge in [0.05, 0.1) is 13.7 Å². The lowest BCUT2D eigenvalue weighted by Gasteiger charge is -2.35. The van der Waals surface area contributed by atoms with Crippen molar-refractivity contribution in [2.24, 2.45) is 0 Å². The van der Waals surface area contributed by atoms with Crippen molar-refractivity contribution in [1.82, 2.24) is 10.2 Å². The fraction of sp³-hybridized carbons (Fsp3) is 0.520. The normalized spacial score (nSPS) is 21.1. The van der Waals surface area contributed by atoms with E-state index < -0.39 is 0 Å². The molecule has 2 aliphatic rings. The van der Waals surface area contributed by atoms with Crippen molar-refractivity contribution in [1.29, 1.82) is 0 Å². The molecule has 4 nitrogen and oxygen atoms in total. The summed E-state index contributed by atoms with van der Waals surface area (Å²) in [4.78, 5) is 2.56. The lowest BCUT2D eigenvalue weighted by Crippen LogP contribution is -2.45. The van der Waals surface area contributed by atoms with Crippen molar-refractivity contribution in [2.45, 2.75) is 51.6 Å². The number of fused-ring (bicyclic) bond motifs is 1. The largest absolute Gasteiger partial charge is 0.493 e. The minimum absolute atomic E-state index is 0.0286. The maximum absolute atomic E-state index is 5.94. The van der Waals surface area contributed by atoms with Crippen molar-refractivity contribution >= 4 is 0 Å². The molecule has 0 saturated carbocycles. The molecule has 0 radical (unpaired) electrons. The van der Waals surface area contributed by atoms with Gasteiger partial charge in [0.1, 0.15) is 0 Å². The van der Waals surface area contributed by atoms with Crippen LogP contribution in [-0.4, -0.2) is 38.3 Å². The molecule has 4 rings (SSSR count). The average molecular weight is 395 g/mol. The van der Waals surface area contributed by atoms with E-state index in [1.165, 1.54) is 22.3 Å². The number of methoxy groups -OCH3 is 1. The molecule has 0 spiro atoms. The molecule has 2 aliphatic heterocycles. The molecule has 2 heterocycles. The van der Waals surface area contributed by atoms with Crippen LogP contribution >= 0.6 is 0 Å². The van der Waals surface area contributed by atoms with Crippen LogP contribution in [0.1, 0.15) is 61.9 Å². The Balaban J connectivity index is 1.55. The van der Waals surface area contributed by atoms with Gasteiger partial charge < -0.3 is 14.8 Å². The second-order valence-corrected chi connectivity index (χ2v) is 9.37. The topological polar surface area (TPSA) is 33.7 Å². The number of ether oxygens (including phenoxy) is 2. The van der Waals surface area contributed by atoms with Gasteiger partial charge in [-0.05, 0) is 34.7 Å². The summed E-state index contributed by atoms with van der Waals surface area (Å²) >= 11 is 0. The van der Waals surface area contributed by atoms with Crippen LogP contribution in [0.15, 0.2) is 36.4 Å². The Morgan fingerprint density at radius 2 is 2.03 bits per heavy atom. The third-order valence-corrected chi connectivity index (χ3v) is 6.30. The lowest BCUT2D eigenvalue weighted by molar-refractivity contribution is 0.192. The van der Waals surface area contributed by atoms with Gasteiger partial charge in [-0.1, -0.05) is 52.0 Å². The Morgan fingerprint density at radius 1 is 1.24 bits per heavy atom. The molecule has 156 valence electrons. The predicted molar refractivity (Wildman–Crippen MR) is 118 cm³/mol. The summed E-state index contributed by atoms with van der Waals surface area (Å²) in [5.74, 6) is 2.32. The molecule has 0 unspecified atom stereocenters. The molecule has 2 aromatic rings. The molecule has 29 heavy (non-hydrogen) atoms. The second-order valence-electron chi connectivity index (χ2n) is 9.37. The maximum atomic E-state index is 5.94. The first-order valence-electron chi connectivity index (χ1n) is 10.8. The number of rotatable bonds is 5. The molecular weight excluding hydrogens is 360 g/mol. The van der Waals surface area contributed by atoms with Crippen LogP contribution in [0, 0.1) is 0 Å². The quantitative estimate of drug-likeness (QED) is 0.801. The zero-order chi connectivity index (χ0) is 20.6. The Morgan fingerprint density at radius 3 is 2.79 bits per heavy atom. The molecule has 1 fully saturated rings. The first kappa shape index (κ1) is 20.2. The number of hydrogen-bond donors (Lipinski definition) is 1. The monoisotopic (exact) mass is 394 g/mol. The van der Waals surface area contributed by atoms with E-state index >= 15 is 0 Å². The number of hydrogen-bond acceptors (Lipinski definition) is 4. The maximum Gasteiger partial charge on any atom is 0.165 e. The number of nitrogens with one attached hydrogen (secondary N) is 1. The summed E-state index contributed by atoms with van der Waals surface area (Å²) in [5, 5.41) is 3.74. The number of benzene rings is 2. The van der Waals surface area contributed by atoms with Crippen molar-refractivity contribution in [3.05, 3.63) is 58.7 Å². The fourth-order valence-corrected chi connectivity index (χ4v) is 4.66. The zero-order valence-electron chi connectivity index (χ0n) is 18.4. The van der Waals surface area contributed by atoms with E-state index in [-0.39, 0.29) is 5.41 Å². The molecule has 0 bridgehead atoms. The highest BCUT2D eigenvalue weighted by Crippen LogP contribution is 2.45. The summed E-state index contributed by atoms with van der Waals surface area (Å²) in [6.07, 6.45) is 0. The molecule has 1 saturated heterocycles. The highest BCUT2D eigenvalue weighted by atomic mass is 16.5. The summed E-state index contributed by atoms with van der Waals surface area (Å²) in [6.45, 7) is 13.8. The van der Waals surface area contributed by atoms with E-state index in [2.05, 4.69) is 74.3 Å². The minimum atomic E-state index is 0.0286. The van der Waals surface area contributed by atoms with Crippen molar-refractivity contribution < 1.29 is 9.47 Å². The van der Waals surface area contributed by atoms with Crippen LogP contribution < -0.4 is 14.8 Å². The SMILES string of the molecule is COc1cc(CN2CCN[C@H](c3ccccc3C(C)C)C2)cc2c1OCC2(C)C. The Labute approximate surface area is 175 Å². The van der Waals surface area contributed by atoms with Crippen LogP contribution in [0.4, 0.5) is 0 Å². The van der Waals surface area contributed by atoms with Crippen molar-refractivity contribution in [3.63, 3.8) is 0 Å². The van der Waals surface area contributed by atoms with Crippen LogP contribution in [-0.2, 0) is 12.0 Å². The van der Waals surface area contributed by atoms with E-state index in [9.17, 15) is 0 Å². The minimum Gasteiger partial charge on any atom is -0.493 e. The summed E-state index contributed by atoms with van der Waals surface area (Å²) < 4.78 is 11.6. The standard InChI is InChI=1S/C25H34N2O2/c1-17(2)19-8-6-7-9-20(19)22-15-27(11-10-26-22)14-18-12-21-24(23(13-18)28-5)29-16-25(21,3)4/h6-9,12-13,17,22,26H,10-11,14-16H2,1-5H3/t22-/m0/s1. The van der Waals surface area contributed by atoms with Gasteiger partial charge in [0, 0.05) is 43.2 Å². The summed E-state index contributed by atoms with van der Waals surface area (Å²) in [6, 6.07) is 13.7. The van der Waals surface area contributed by atoms with Gasteiger partial charge in [0.15, 0.2) is 11.5 Å². The van der Waals surface area contributed by atoms with Crippen molar-refractivity contribution in [2.75, 3.05) is 33.4 Å². The molecule has 2 aromatic carbocycles. The lowest BCUT2D eigenvalue weighted by atomic mass is 9.86. The van der Waals surface area contributed by atoms with Crippen LogP contribution in [0.2, 0.25) is 0 Å². The van der Waals surface area contributed by atoms with E-state index in [4.69, 9.17) is 9.47 Å². The fourth-order valence-electron chi connectivity index (χ4n) is 4.66. The molecule has 0 amide bonds. The van der Waals surface area contributed by atoms with Gasteiger partial charge in [0.2, 0.25) is 0 Å². The highest BCUT2D eigenvalue weighted by molar-refractivity contribution is 5.54. The van der Waals surface area contributed by atoms with Gasteiger partial charge in [-0.15, -0.1) is 0 Å². The first-order valence-corrected chi connectivity index (χ1v) is 10.8. The summed E-state index contributed by atoms with van der Waals surface area (Å²) in [5.41, 5.74) is 5.49. The molecule has 1 atom stereocenters. The third kappa shape index (κ3) is 4.01. The molecule has 1 N–H and O–H groups in total. The Hall–Kier alpha value is -2.04. The number of nitrogens with zero attached hydrogens (tertiary/aromatic N) is 1. The van der Waals surface area contributed by atoms with Crippen LogP contribution in [0.3, 0.4) is 0 Å².